The van der Waals surface area contributed by atoms with E-state index in [-0.39, 0.29) is 0 Å². The highest BCUT2D eigenvalue weighted by molar-refractivity contribution is 5.68. The summed E-state index contributed by atoms with van der Waals surface area (Å²) < 4.78 is 0. The van der Waals surface area contributed by atoms with E-state index in [4.69, 9.17) is 9.90 Å². The number of carboxylic acids is 1. The van der Waals surface area contributed by atoms with Crippen LogP contribution in [0.15, 0.2) is 48.7 Å². The molecule has 0 saturated heterocycles. The van der Waals surface area contributed by atoms with Gasteiger partial charge < -0.3 is 10.0 Å². The highest BCUT2D eigenvalue weighted by Crippen LogP contribution is 2.13. The van der Waals surface area contributed by atoms with E-state index in [9.17, 15) is 0 Å². The van der Waals surface area contributed by atoms with Crippen molar-refractivity contribution < 1.29 is 9.90 Å². The van der Waals surface area contributed by atoms with Gasteiger partial charge in [-0.2, -0.15) is 0 Å². The fourth-order valence-electron chi connectivity index (χ4n) is 1.54. The molecular formula is C17H20N2O2. The number of carbonyl (C=O) groups is 1. The molecule has 0 atom stereocenters. The summed E-state index contributed by atoms with van der Waals surface area (Å²) in [5.41, 5.74) is 3.37. The van der Waals surface area contributed by atoms with E-state index in [1.54, 1.807) is 6.20 Å². The average Bonchev–Trinajstić information content (AvgIpc) is 2.46. The minimum atomic E-state index is -0.833. The second kappa shape index (κ2) is 8.53. The van der Waals surface area contributed by atoms with Crippen LogP contribution in [0.4, 0.5) is 5.69 Å². The summed E-state index contributed by atoms with van der Waals surface area (Å²) >= 11 is 0. The van der Waals surface area contributed by atoms with Crippen molar-refractivity contribution in [3.63, 3.8) is 0 Å². The number of carboxylic acid groups (broad SMARTS) is 1. The Morgan fingerprint density at radius 1 is 1.10 bits per heavy atom. The predicted molar refractivity (Wildman–Crippen MR) is 87.2 cm³/mol. The first-order valence-corrected chi connectivity index (χ1v) is 6.55. The Balaban J connectivity index is 0.000000491. The number of hydrogen-bond donors (Lipinski definition) is 1. The lowest BCUT2D eigenvalue weighted by Gasteiger charge is -2.11. The predicted octanol–water partition coefficient (Wildman–Crippen LogP) is 3.41. The van der Waals surface area contributed by atoms with Crippen molar-refractivity contribution >= 4 is 23.8 Å². The molecule has 0 aliphatic heterocycles. The zero-order valence-corrected chi connectivity index (χ0v) is 12.5. The number of anilines is 1. The van der Waals surface area contributed by atoms with Crippen LogP contribution in [-0.2, 0) is 4.79 Å². The van der Waals surface area contributed by atoms with Crippen LogP contribution in [-0.4, -0.2) is 30.2 Å². The standard InChI is InChI=1S/C15H16N2.C2H4O2/c1-17(2)15-10-7-13(8-11-15)6-9-14-5-3-4-12-16-14;1-2(3)4/h3-12H,1-2H3;1H3,(H,3,4). The number of aromatic nitrogens is 1. The molecule has 0 spiro atoms. The van der Waals surface area contributed by atoms with Gasteiger partial charge in [-0.05, 0) is 35.9 Å². The van der Waals surface area contributed by atoms with Gasteiger partial charge in [-0.1, -0.05) is 24.3 Å². The van der Waals surface area contributed by atoms with Crippen molar-refractivity contribution in [1.82, 2.24) is 4.98 Å². The summed E-state index contributed by atoms with van der Waals surface area (Å²) in [6.07, 6.45) is 5.89. The maximum atomic E-state index is 9.00. The van der Waals surface area contributed by atoms with Gasteiger partial charge in [0.05, 0.1) is 5.69 Å². The van der Waals surface area contributed by atoms with Gasteiger partial charge in [0.1, 0.15) is 0 Å². The minimum absolute atomic E-state index is 0.833. The first-order chi connectivity index (χ1) is 9.99. The third kappa shape index (κ3) is 6.92. The number of rotatable bonds is 3. The van der Waals surface area contributed by atoms with E-state index in [0.29, 0.717) is 0 Å². The van der Waals surface area contributed by atoms with E-state index in [1.165, 1.54) is 11.3 Å². The molecule has 0 aliphatic carbocycles. The van der Waals surface area contributed by atoms with Gasteiger partial charge in [0.25, 0.3) is 5.97 Å². The third-order valence-corrected chi connectivity index (χ3v) is 2.54. The SMILES string of the molecule is CC(=O)O.CN(C)c1ccc(C=Cc2ccccn2)cc1. The summed E-state index contributed by atoms with van der Waals surface area (Å²) in [6.45, 7) is 1.08. The second-order valence-electron chi connectivity index (χ2n) is 4.59. The lowest BCUT2D eigenvalue weighted by atomic mass is 10.1. The monoisotopic (exact) mass is 284 g/mol. The Morgan fingerprint density at radius 3 is 2.19 bits per heavy atom. The molecule has 0 radical (unpaired) electrons. The number of aliphatic carboxylic acids is 1. The molecule has 1 aromatic carbocycles. The van der Waals surface area contributed by atoms with E-state index in [2.05, 4.69) is 40.2 Å². The Labute approximate surface area is 125 Å². The van der Waals surface area contributed by atoms with Crippen LogP contribution in [0.1, 0.15) is 18.2 Å². The fourth-order valence-corrected chi connectivity index (χ4v) is 1.54. The van der Waals surface area contributed by atoms with Crippen LogP contribution in [0.2, 0.25) is 0 Å². The van der Waals surface area contributed by atoms with Crippen molar-refractivity contribution in [2.24, 2.45) is 0 Å². The van der Waals surface area contributed by atoms with Gasteiger partial charge in [-0.15, -0.1) is 0 Å². The summed E-state index contributed by atoms with van der Waals surface area (Å²) in [4.78, 5) is 15.3. The number of hydrogen-bond acceptors (Lipinski definition) is 3. The molecule has 2 aromatic rings. The van der Waals surface area contributed by atoms with Crippen molar-refractivity contribution in [3.8, 4) is 0 Å². The van der Waals surface area contributed by atoms with Crippen LogP contribution in [0.25, 0.3) is 12.2 Å². The molecule has 4 nitrogen and oxygen atoms in total. The Morgan fingerprint density at radius 2 is 1.71 bits per heavy atom. The third-order valence-electron chi connectivity index (χ3n) is 2.54. The molecule has 21 heavy (non-hydrogen) atoms. The molecule has 0 amide bonds. The average molecular weight is 284 g/mol. The van der Waals surface area contributed by atoms with Crippen molar-refractivity contribution in [2.75, 3.05) is 19.0 Å². The van der Waals surface area contributed by atoms with Crippen LogP contribution in [0, 0.1) is 0 Å². The van der Waals surface area contributed by atoms with Gasteiger partial charge in [0, 0.05) is 32.9 Å². The lowest BCUT2D eigenvalue weighted by molar-refractivity contribution is -0.134. The molecule has 110 valence electrons. The molecule has 0 aliphatic rings. The Hall–Kier alpha value is -2.62. The molecule has 0 saturated carbocycles. The molecule has 1 heterocycles. The van der Waals surface area contributed by atoms with E-state index < -0.39 is 5.97 Å². The molecule has 4 heteroatoms. The molecule has 1 N–H and O–H groups in total. The summed E-state index contributed by atoms with van der Waals surface area (Å²) in [5, 5.41) is 7.42. The molecule has 0 bridgehead atoms. The summed E-state index contributed by atoms with van der Waals surface area (Å²) in [5.74, 6) is -0.833. The van der Waals surface area contributed by atoms with Crippen LogP contribution in [0.3, 0.4) is 0 Å². The highest BCUT2D eigenvalue weighted by Gasteiger charge is 1.93. The first kappa shape index (κ1) is 16.4. The smallest absolute Gasteiger partial charge is 0.300 e. The summed E-state index contributed by atoms with van der Waals surface area (Å²) in [6, 6.07) is 14.3. The number of nitrogens with zero attached hydrogens (tertiary/aromatic N) is 2. The molecule has 0 fully saturated rings. The topological polar surface area (TPSA) is 53.4 Å². The normalized spacial score (nSPS) is 9.86. The maximum absolute atomic E-state index is 9.00. The molecule has 2 rings (SSSR count). The Kier molecular flexibility index (Phi) is 6.68. The van der Waals surface area contributed by atoms with Gasteiger partial charge in [0.15, 0.2) is 0 Å². The zero-order chi connectivity index (χ0) is 15.7. The quantitative estimate of drug-likeness (QED) is 0.938. The van der Waals surface area contributed by atoms with Crippen molar-refractivity contribution in [3.05, 3.63) is 59.9 Å². The van der Waals surface area contributed by atoms with Gasteiger partial charge in [-0.25, -0.2) is 0 Å². The van der Waals surface area contributed by atoms with Crippen molar-refractivity contribution in [1.29, 1.82) is 0 Å². The maximum Gasteiger partial charge on any atom is 0.300 e. The van der Waals surface area contributed by atoms with E-state index >= 15 is 0 Å². The second-order valence-corrected chi connectivity index (χ2v) is 4.59. The Bertz CT molecular complexity index is 571. The van der Waals surface area contributed by atoms with Crippen LogP contribution >= 0.6 is 0 Å². The molecular weight excluding hydrogens is 264 g/mol. The van der Waals surface area contributed by atoms with Gasteiger partial charge in [-0.3, -0.25) is 9.78 Å². The van der Waals surface area contributed by atoms with Crippen LogP contribution < -0.4 is 4.90 Å². The number of pyridine rings is 1. The highest BCUT2D eigenvalue weighted by atomic mass is 16.4. The minimum Gasteiger partial charge on any atom is -0.481 e. The molecule has 0 unspecified atom stereocenters. The van der Waals surface area contributed by atoms with Crippen molar-refractivity contribution in [2.45, 2.75) is 6.92 Å². The van der Waals surface area contributed by atoms with E-state index in [1.807, 2.05) is 38.4 Å². The number of benzene rings is 1. The van der Waals surface area contributed by atoms with Crippen LogP contribution in [0.5, 0.6) is 0 Å². The zero-order valence-electron chi connectivity index (χ0n) is 12.5. The fraction of sp³-hybridized carbons (Fsp3) is 0.176. The van der Waals surface area contributed by atoms with E-state index in [0.717, 1.165) is 12.6 Å². The largest absolute Gasteiger partial charge is 0.481 e. The summed E-state index contributed by atoms with van der Waals surface area (Å²) in [7, 11) is 4.08. The lowest BCUT2D eigenvalue weighted by Crippen LogP contribution is -2.07. The van der Waals surface area contributed by atoms with Gasteiger partial charge >= 0.3 is 0 Å². The molecule has 1 aromatic heterocycles. The van der Waals surface area contributed by atoms with Gasteiger partial charge in [0.2, 0.25) is 0 Å². The first-order valence-electron chi connectivity index (χ1n) is 6.55.